The quantitative estimate of drug-likeness (QED) is 0.203. The lowest BCUT2D eigenvalue weighted by Gasteiger charge is -2.30. The number of benzene rings is 1. The smallest absolute Gasteiger partial charge is 0.191 e. The van der Waals surface area contributed by atoms with Gasteiger partial charge < -0.3 is 10.6 Å². The Labute approximate surface area is 198 Å². The third-order valence-corrected chi connectivity index (χ3v) is 4.78. The van der Waals surface area contributed by atoms with Gasteiger partial charge >= 0.3 is 0 Å². The van der Waals surface area contributed by atoms with Crippen molar-refractivity contribution in [3.8, 4) is 0 Å². The molecule has 0 aliphatic heterocycles. The fraction of sp³-hybridized carbons (Fsp3) is 0.591. The molecular weight excluding hydrogens is 489 g/mol. The van der Waals surface area contributed by atoms with Crippen molar-refractivity contribution in [3.05, 3.63) is 48.0 Å². The minimum absolute atomic E-state index is 0. The minimum Gasteiger partial charge on any atom is -0.357 e. The molecule has 2 aromatic rings. The third-order valence-electron chi connectivity index (χ3n) is 4.78. The Bertz CT molecular complexity index is 721. The van der Waals surface area contributed by atoms with E-state index in [2.05, 4.69) is 84.5 Å². The Kier molecular flexibility index (Phi) is 12.6. The zero-order valence-electron chi connectivity index (χ0n) is 19.0. The summed E-state index contributed by atoms with van der Waals surface area (Å²) in [5.74, 6) is 0.870. The molecule has 0 bridgehead atoms. The lowest BCUT2D eigenvalue weighted by Crippen LogP contribution is -2.41. The van der Waals surface area contributed by atoms with Crippen LogP contribution < -0.4 is 10.6 Å². The van der Waals surface area contributed by atoms with E-state index in [-0.39, 0.29) is 24.0 Å². The molecule has 168 valence electrons. The van der Waals surface area contributed by atoms with Crippen molar-refractivity contribution in [1.29, 1.82) is 0 Å². The van der Waals surface area contributed by atoms with Crippen molar-refractivity contribution in [2.24, 2.45) is 4.99 Å². The van der Waals surface area contributed by atoms with Gasteiger partial charge in [-0.25, -0.2) is 14.7 Å². The van der Waals surface area contributed by atoms with Gasteiger partial charge in [0.05, 0.1) is 13.1 Å². The van der Waals surface area contributed by atoms with Crippen LogP contribution in [0.4, 0.5) is 0 Å². The first kappa shape index (κ1) is 26.4. The predicted octanol–water partition coefficient (Wildman–Crippen LogP) is 3.51. The summed E-state index contributed by atoms with van der Waals surface area (Å²) in [6.45, 7) is 15.3. The lowest BCUT2D eigenvalue weighted by molar-refractivity contribution is 0.173. The van der Waals surface area contributed by atoms with E-state index in [0.717, 1.165) is 38.6 Å². The van der Waals surface area contributed by atoms with Crippen molar-refractivity contribution in [1.82, 2.24) is 30.3 Å². The van der Waals surface area contributed by atoms with E-state index in [9.17, 15) is 0 Å². The van der Waals surface area contributed by atoms with Crippen molar-refractivity contribution in [2.45, 2.75) is 66.2 Å². The van der Waals surface area contributed by atoms with Crippen molar-refractivity contribution < 1.29 is 0 Å². The van der Waals surface area contributed by atoms with E-state index >= 15 is 0 Å². The topological polar surface area (TPSA) is 70.4 Å². The first-order chi connectivity index (χ1) is 14.0. The maximum atomic E-state index is 4.75. The summed E-state index contributed by atoms with van der Waals surface area (Å²) in [5.41, 5.74) is 2.38. The molecular formula is C22H38IN7. The summed E-state index contributed by atoms with van der Waals surface area (Å²) in [4.78, 5) is 11.3. The molecule has 0 amide bonds. The van der Waals surface area contributed by atoms with E-state index < -0.39 is 0 Å². The highest BCUT2D eigenvalue weighted by atomic mass is 127. The molecule has 2 rings (SSSR count). The van der Waals surface area contributed by atoms with Gasteiger partial charge in [0.15, 0.2) is 5.96 Å². The fourth-order valence-corrected chi connectivity index (χ4v) is 3.42. The summed E-state index contributed by atoms with van der Waals surface area (Å²) in [6, 6.07) is 9.61. The molecule has 0 radical (unpaired) electrons. The van der Waals surface area contributed by atoms with Crippen LogP contribution in [0.15, 0.2) is 41.9 Å². The molecule has 30 heavy (non-hydrogen) atoms. The van der Waals surface area contributed by atoms with Gasteiger partial charge in [-0.2, -0.15) is 5.10 Å². The number of hydrogen-bond acceptors (Lipinski definition) is 4. The Morgan fingerprint density at radius 1 is 1.13 bits per heavy atom. The highest BCUT2D eigenvalue weighted by Crippen LogP contribution is 2.08. The van der Waals surface area contributed by atoms with E-state index in [1.165, 1.54) is 11.1 Å². The number of rotatable bonds is 11. The molecule has 0 unspecified atom stereocenters. The summed E-state index contributed by atoms with van der Waals surface area (Å²) >= 11 is 0. The average molecular weight is 527 g/mol. The van der Waals surface area contributed by atoms with Crippen LogP contribution in [0.25, 0.3) is 0 Å². The van der Waals surface area contributed by atoms with E-state index in [1.54, 1.807) is 12.7 Å². The lowest BCUT2D eigenvalue weighted by atomic mass is 10.1. The SMILES string of the molecule is CCNC(=NCc1cccc(Cn2cncn2)c1)NCCCN(C(C)C)C(C)C.I. The first-order valence-corrected chi connectivity index (χ1v) is 10.7. The van der Waals surface area contributed by atoms with Crippen LogP contribution in [-0.4, -0.2) is 57.3 Å². The highest BCUT2D eigenvalue weighted by molar-refractivity contribution is 14.0. The molecule has 2 N–H and O–H groups in total. The number of hydrogen-bond donors (Lipinski definition) is 2. The maximum Gasteiger partial charge on any atom is 0.191 e. The highest BCUT2D eigenvalue weighted by Gasteiger charge is 2.12. The standard InChI is InChI=1S/C22H37N7.HI/c1-6-24-22(25-11-8-12-29(18(2)3)19(4)5)26-14-20-9-7-10-21(13-20)15-28-17-23-16-27-28;/h7,9-10,13,16-19H,6,8,11-12,14-15H2,1-5H3,(H2,24,25,26);1H. The number of nitrogens with zero attached hydrogens (tertiary/aromatic N) is 5. The van der Waals surface area contributed by atoms with E-state index in [4.69, 9.17) is 4.99 Å². The summed E-state index contributed by atoms with van der Waals surface area (Å²) in [7, 11) is 0. The Balaban J connectivity index is 0.00000450. The van der Waals surface area contributed by atoms with Crippen LogP contribution >= 0.6 is 24.0 Å². The molecule has 1 aromatic heterocycles. The van der Waals surface area contributed by atoms with Gasteiger partial charge in [0.1, 0.15) is 12.7 Å². The van der Waals surface area contributed by atoms with Crippen molar-refractivity contribution in [3.63, 3.8) is 0 Å². The molecule has 1 heterocycles. The van der Waals surface area contributed by atoms with Gasteiger partial charge in [-0.1, -0.05) is 24.3 Å². The van der Waals surface area contributed by atoms with Crippen molar-refractivity contribution in [2.75, 3.05) is 19.6 Å². The van der Waals surface area contributed by atoms with Gasteiger partial charge in [-0.3, -0.25) is 4.90 Å². The second-order valence-corrected chi connectivity index (χ2v) is 7.81. The number of aromatic nitrogens is 3. The van der Waals surface area contributed by atoms with Crippen LogP contribution in [0.1, 0.15) is 52.2 Å². The normalized spacial score (nSPS) is 11.8. The van der Waals surface area contributed by atoms with Crippen LogP contribution in [0.2, 0.25) is 0 Å². The average Bonchev–Trinajstić information content (AvgIpc) is 3.18. The zero-order valence-corrected chi connectivity index (χ0v) is 21.3. The number of halogens is 1. The van der Waals surface area contributed by atoms with Crippen molar-refractivity contribution >= 4 is 29.9 Å². The molecule has 1 aromatic carbocycles. The van der Waals surface area contributed by atoms with Crippen LogP contribution in [0.5, 0.6) is 0 Å². The summed E-state index contributed by atoms with van der Waals surface area (Å²) < 4.78 is 1.83. The molecule has 8 heteroatoms. The Hall–Kier alpha value is -1.68. The monoisotopic (exact) mass is 527 g/mol. The van der Waals surface area contributed by atoms with Gasteiger partial charge in [0, 0.05) is 31.7 Å². The molecule has 7 nitrogen and oxygen atoms in total. The van der Waals surface area contributed by atoms with E-state index in [1.807, 2.05) is 4.68 Å². The molecule has 0 saturated carbocycles. The Morgan fingerprint density at radius 3 is 2.50 bits per heavy atom. The predicted molar refractivity (Wildman–Crippen MR) is 135 cm³/mol. The molecule has 0 atom stereocenters. The number of guanidine groups is 1. The molecule has 0 spiro atoms. The van der Waals surface area contributed by atoms with E-state index in [0.29, 0.717) is 18.6 Å². The Morgan fingerprint density at radius 2 is 1.87 bits per heavy atom. The molecule has 0 aliphatic rings. The van der Waals surface area contributed by atoms with Gasteiger partial charge in [0.25, 0.3) is 0 Å². The molecule has 0 aliphatic carbocycles. The van der Waals surface area contributed by atoms with Crippen LogP contribution in [-0.2, 0) is 13.1 Å². The minimum atomic E-state index is 0. The van der Waals surface area contributed by atoms with Gasteiger partial charge in [-0.15, -0.1) is 24.0 Å². The largest absolute Gasteiger partial charge is 0.357 e. The number of aliphatic imine (C=N–C) groups is 1. The van der Waals surface area contributed by atoms with Gasteiger partial charge in [0.2, 0.25) is 0 Å². The second kappa shape index (κ2) is 14.3. The number of nitrogens with one attached hydrogen (secondary N) is 2. The third kappa shape index (κ3) is 9.42. The fourth-order valence-electron chi connectivity index (χ4n) is 3.42. The second-order valence-electron chi connectivity index (χ2n) is 7.81. The molecule has 0 saturated heterocycles. The maximum absolute atomic E-state index is 4.75. The zero-order chi connectivity index (χ0) is 21.1. The molecule has 0 fully saturated rings. The van der Waals surface area contributed by atoms with Crippen LogP contribution in [0.3, 0.4) is 0 Å². The summed E-state index contributed by atoms with van der Waals surface area (Å²) in [6.07, 6.45) is 4.38. The van der Waals surface area contributed by atoms with Crippen LogP contribution in [0, 0.1) is 0 Å². The van der Waals surface area contributed by atoms with Gasteiger partial charge in [-0.05, 0) is 52.2 Å². The first-order valence-electron chi connectivity index (χ1n) is 10.7. The summed E-state index contributed by atoms with van der Waals surface area (Å²) in [5, 5.41) is 11.0.